The summed E-state index contributed by atoms with van der Waals surface area (Å²) in [5, 5.41) is 6.76. The summed E-state index contributed by atoms with van der Waals surface area (Å²) in [4.78, 5) is 6.84. The second-order valence-electron chi connectivity index (χ2n) is 7.37. The Balaban J connectivity index is 1.42. The first kappa shape index (κ1) is 22.2. The van der Waals surface area contributed by atoms with E-state index in [1.807, 2.05) is 30.3 Å². The van der Waals surface area contributed by atoms with Gasteiger partial charge in [0.2, 0.25) is 0 Å². The molecule has 1 aromatic carbocycles. The molecular formula is C23H34N4O3. The first-order valence-corrected chi connectivity index (χ1v) is 10.7. The van der Waals surface area contributed by atoms with Crippen LogP contribution < -0.4 is 15.4 Å². The number of likely N-dealkylation sites (tertiary alicyclic amines) is 1. The summed E-state index contributed by atoms with van der Waals surface area (Å²) in [5.41, 5.74) is 1.05. The van der Waals surface area contributed by atoms with Crippen LogP contribution in [-0.2, 0) is 11.3 Å². The second-order valence-corrected chi connectivity index (χ2v) is 7.37. The molecule has 0 bridgehead atoms. The Morgan fingerprint density at radius 3 is 2.70 bits per heavy atom. The fourth-order valence-electron chi connectivity index (χ4n) is 3.78. The second kappa shape index (κ2) is 12.2. The van der Waals surface area contributed by atoms with Crippen LogP contribution in [0, 0.1) is 0 Å². The molecule has 2 aromatic rings. The number of hydrogen-bond donors (Lipinski definition) is 2. The predicted molar refractivity (Wildman–Crippen MR) is 119 cm³/mol. The minimum absolute atomic E-state index is 0.209. The van der Waals surface area contributed by atoms with E-state index in [9.17, 15) is 0 Å². The fraction of sp³-hybridized carbons (Fsp3) is 0.522. The van der Waals surface area contributed by atoms with Gasteiger partial charge in [-0.2, -0.15) is 0 Å². The first-order chi connectivity index (χ1) is 14.8. The van der Waals surface area contributed by atoms with Gasteiger partial charge in [0.05, 0.1) is 32.6 Å². The van der Waals surface area contributed by atoms with Crippen LogP contribution in [0.1, 0.15) is 36.6 Å². The molecule has 1 aliphatic rings. The maximum Gasteiger partial charge on any atom is 0.191 e. The van der Waals surface area contributed by atoms with Gasteiger partial charge in [0, 0.05) is 25.7 Å². The SMILES string of the molecule is CN=C(NCCOCc1ccccc1OC)NCC(c1ccco1)N1CCCCC1. The molecule has 0 radical (unpaired) electrons. The number of aliphatic imine (C=N–C) groups is 1. The molecule has 0 saturated carbocycles. The van der Waals surface area contributed by atoms with E-state index in [0.717, 1.165) is 42.7 Å². The van der Waals surface area contributed by atoms with Crippen LogP contribution in [0.2, 0.25) is 0 Å². The van der Waals surface area contributed by atoms with Gasteiger partial charge in [0.25, 0.3) is 0 Å². The monoisotopic (exact) mass is 414 g/mol. The van der Waals surface area contributed by atoms with Crippen molar-refractivity contribution in [2.24, 2.45) is 4.99 Å². The molecular weight excluding hydrogens is 380 g/mol. The molecule has 7 heteroatoms. The van der Waals surface area contributed by atoms with Crippen LogP contribution in [0.4, 0.5) is 0 Å². The molecule has 7 nitrogen and oxygen atoms in total. The number of nitrogens with one attached hydrogen (secondary N) is 2. The third kappa shape index (κ3) is 6.50. The van der Waals surface area contributed by atoms with Gasteiger partial charge in [-0.05, 0) is 44.1 Å². The molecule has 1 aromatic heterocycles. The predicted octanol–water partition coefficient (Wildman–Crippen LogP) is 3.20. The quantitative estimate of drug-likeness (QED) is 0.353. The third-order valence-corrected chi connectivity index (χ3v) is 5.38. The van der Waals surface area contributed by atoms with Crippen LogP contribution in [0.15, 0.2) is 52.1 Å². The highest BCUT2D eigenvalue weighted by Gasteiger charge is 2.24. The van der Waals surface area contributed by atoms with Crippen LogP contribution in [-0.4, -0.2) is 57.8 Å². The normalized spacial score (nSPS) is 16.3. The summed E-state index contributed by atoms with van der Waals surface area (Å²) in [5.74, 6) is 2.62. The molecule has 164 valence electrons. The van der Waals surface area contributed by atoms with Crippen molar-refractivity contribution in [3.05, 3.63) is 54.0 Å². The minimum Gasteiger partial charge on any atom is -0.496 e. The molecule has 0 amide bonds. The van der Waals surface area contributed by atoms with Crippen molar-refractivity contribution < 1.29 is 13.9 Å². The van der Waals surface area contributed by atoms with Gasteiger partial charge in [0.15, 0.2) is 5.96 Å². The van der Waals surface area contributed by atoms with Gasteiger partial charge in [-0.3, -0.25) is 9.89 Å². The van der Waals surface area contributed by atoms with E-state index in [4.69, 9.17) is 13.9 Å². The van der Waals surface area contributed by atoms with Crippen LogP contribution in [0.3, 0.4) is 0 Å². The smallest absolute Gasteiger partial charge is 0.191 e. The van der Waals surface area contributed by atoms with Gasteiger partial charge >= 0.3 is 0 Å². The van der Waals surface area contributed by atoms with Gasteiger partial charge < -0.3 is 24.5 Å². The largest absolute Gasteiger partial charge is 0.496 e. The highest BCUT2D eigenvalue weighted by molar-refractivity contribution is 5.79. The Labute approximate surface area is 179 Å². The summed E-state index contributed by atoms with van der Waals surface area (Å²) in [7, 11) is 3.46. The number of para-hydroxylation sites is 1. The van der Waals surface area contributed by atoms with Crippen molar-refractivity contribution in [3.63, 3.8) is 0 Å². The van der Waals surface area contributed by atoms with Crippen molar-refractivity contribution in [3.8, 4) is 5.75 Å². The lowest BCUT2D eigenvalue weighted by Crippen LogP contribution is -2.45. The summed E-state index contributed by atoms with van der Waals surface area (Å²) >= 11 is 0. The lowest BCUT2D eigenvalue weighted by molar-refractivity contribution is 0.123. The Morgan fingerprint density at radius 1 is 1.13 bits per heavy atom. The molecule has 1 atom stereocenters. The van der Waals surface area contributed by atoms with Gasteiger partial charge in [-0.25, -0.2) is 0 Å². The maximum absolute atomic E-state index is 5.79. The first-order valence-electron chi connectivity index (χ1n) is 10.7. The molecule has 1 saturated heterocycles. The molecule has 30 heavy (non-hydrogen) atoms. The lowest BCUT2D eigenvalue weighted by Gasteiger charge is -2.33. The number of furan rings is 1. The number of guanidine groups is 1. The average Bonchev–Trinajstić information content (AvgIpc) is 3.33. The van der Waals surface area contributed by atoms with Gasteiger partial charge in [-0.1, -0.05) is 24.6 Å². The molecule has 3 rings (SSSR count). The minimum atomic E-state index is 0.209. The van der Waals surface area contributed by atoms with E-state index in [-0.39, 0.29) is 6.04 Å². The van der Waals surface area contributed by atoms with Gasteiger partial charge in [-0.15, -0.1) is 0 Å². The van der Waals surface area contributed by atoms with E-state index in [0.29, 0.717) is 19.8 Å². The van der Waals surface area contributed by atoms with Crippen LogP contribution >= 0.6 is 0 Å². The highest BCUT2D eigenvalue weighted by Crippen LogP contribution is 2.24. The van der Waals surface area contributed by atoms with Crippen molar-refractivity contribution in [2.75, 3.05) is 46.9 Å². The molecule has 2 N–H and O–H groups in total. The Morgan fingerprint density at radius 2 is 1.97 bits per heavy atom. The number of methoxy groups -OCH3 is 1. The molecule has 1 unspecified atom stereocenters. The van der Waals surface area contributed by atoms with Crippen molar-refractivity contribution in [1.29, 1.82) is 0 Å². The Kier molecular flexibility index (Phi) is 9.05. The number of benzene rings is 1. The fourth-order valence-corrected chi connectivity index (χ4v) is 3.78. The van der Waals surface area contributed by atoms with Crippen LogP contribution in [0.5, 0.6) is 5.75 Å². The van der Waals surface area contributed by atoms with E-state index >= 15 is 0 Å². The van der Waals surface area contributed by atoms with E-state index in [1.165, 1.54) is 19.3 Å². The van der Waals surface area contributed by atoms with Crippen LogP contribution in [0.25, 0.3) is 0 Å². The Bertz CT molecular complexity index is 758. The van der Waals surface area contributed by atoms with Crippen molar-refractivity contribution in [1.82, 2.24) is 15.5 Å². The zero-order chi connectivity index (χ0) is 21.0. The summed E-state index contributed by atoms with van der Waals surface area (Å²) in [6.07, 6.45) is 5.55. The zero-order valence-corrected chi connectivity index (χ0v) is 18.1. The highest BCUT2D eigenvalue weighted by atomic mass is 16.5. The average molecular weight is 415 g/mol. The zero-order valence-electron chi connectivity index (χ0n) is 18.1. The van der Waals surface area contributed by atoms with E-state index in [1.54, 1.807) is 20.4 Å². The summed E-state index contributed by atoms with van der Waals surface area (Å²) < 4.78 is 16.9. The van der Waals surface area contributed by atoms with Crippen molar-refractivity contribution >= 4 is 5.96 Å². The van der Waals surface area contributed by atoms with Crippen molar-refractivity contribution in [2.45, 2.75) is 31.9 Å². The number of nitrogens with zero attached hydrogens (tertiary/aromatic N) is 2. The standard InChI is InChI=1S/C23H34N4O3/c1-24-23(25-12-16-29-18-19-9-4-5-10-21(19)28-2)26-17-20(22-11-8-15-30-22)27-13-6-3-7-14-27/h4-5,8-11,15,20H,3,6-7,12-14,16-18H2,1-2H3,(H2,24,25,26). The van der Waals surface area contributed by atoms with E-state index in [2.05, 4.69) is 26.6 Å². The third-order valence-electron chi connectivity index (χ3n) is 5.38. The summed E-state index contributed by atoms with van der Waals surface area (Å²) in [6, 6.07) is 12.1. The van der Waals surface area contributed by atoms with Gasteiger partial charge in [0.1, 0.15) is 11.5 Å². The summed E-state index contributed by atoms with van der Waals surface area (Å²) in [6.45, 7) is 4.73. The Hall–Kier alpha value is -2.51. The topological polar surface area (TPSA) is 71.3 Å². The lowest BCUT2D eigenvalue weighted by atomic mass is 10.1. The maximum atomic E-state index is 5.79. The molecule has 1 fully saturated rings. The number of hydrogen-bond acceptors (Lipinski definition) is 5. The molecule has 0 aliphatic carbocycles. The number of ether oxygens (including phenoxy) is 2. The molecule has 1 aliphatic heterocycles. The number of piperidine rings is 1. The number of rotatable bonds is 10. The van der Waals surface area contributed by atoms with E-state index < -0.39 is 0 Å². The molecule has 2 heterocycles. The molecule has 0 spiro atoms.